The number of hydrogen-bond donors (Lipinski definition) is 2. The maximum atomic E-state index is 9.19. The normalized spacial score (nSPS) is 36.0. The Morgan fingerprint density at radius 1 is 1.18 bits per heavy atom. The van der Waals surface area contributed by atoms with E-state index in [4.69, 9.17) is 0 Å². The fraction of sp³-hybridized carbons (Fsp3) is 1.00. The SMILES string of the molecule is CNC1CCCCCC1CN1CCC(CO)C1. The maximum Gasteiger partial charge on any atom is 0.0471 e. The van der Waals surface area contributed by atoms with Crippen LogP contribution in [0.15, 0.2) is 0 Å². The van der Waals surface area contributed by atoms with Gasteiger partial charge in [0, 0.05) is 25.7 Å². The lowest BCUT2D eigenvalue weighted by atomic mass is 9.94. The summed E-state index contributed by atoms with van der Waals surface area (Å²) in [6.07, 6.45) is 8.12. The zero-order valence-electron chi connectivity index (χ0n) is 11.2. The summed E-state index contributed by atoms with van der Waals surface area (Å²) in [5.41, 5.74) is 0. The third-order valence-electron chi connectivity index (χ3n) is 4.65. The zero-order valence-corrected chi connectivity index (χ0v) is 11.2. The van der Waals surface area contributed by atoms with Gasteiger partial charge in [-0.2, -0.15) is 0 Å². The van der Waals surface area contributed by atoms with Crippen LogP contribution in [0.3, 0.4) is 0 Å². The lowest BCUT2D eigenvalue weighted by molar-refractivity contribution is 0.198. The zero-order chi connectivity index (χ0) is 12.1. The highest BCUT2D eigenvalue weighted by atomic mass is 16.3. The lowest BCUT2D eigenvalue weighted by Crippen LogP contribution is -2.40. The van der Waals surface area contributed by atoms with Gasteiger partial charge in [0.25, 0.3) is 0 Å². The first-order chi connectivity index (χ1) is 8.33. The summed E-state index contributed by atoms with van der Waals surface area (Å²) >= 11 is 0. The summed E-state index contributed by atoms with van der Waals surface area (Å²) in [5.74, 6) is 1.36. The van der Waals surface area contributed by atoms with Crippen LogP contribution < -0.4 is 5.32 Å². The Morgan fingerprint density at radius 2 is 2.00 bits per heavy atom. The highest BCUT2D eigenvalue weighted by molar-refractivity contribution is 4.84. The smallest absolute Gasteiger partial charge is 0.0471 e. The Morgan fingerprint density at radius 3 is 2.71 bits per heavy atom. The minimum absolute atomic E-state index is 0.372. The topological polar surface area (TPSA) is 35.5 Å². The van der Waals surface area contributed by atoms with E-state index >= 15 is 0 Å². The van der Waals surface area contributed by atoms with Crippen LogP contribution in [0.1, 0.15) is 38.5 Å². The van der Waals surface area contributed by atoms with E-state index < -0.39 is 0 Å². The number of aliphatic hydroxyl groups excluding tert-OH is 1. The molecule has 3 unspecified atom stereocenters. The van der Waals surface area contributed by atoms with Crippen molar-refractivity contribution < 1.29 is 5.11 Å². The van der Waals surface area contributed by atoms with Crippen LogP contribution in [0, 0.1) is 11.8 Å². The molecule has 1 aliphatic carbocycles. The van der Waals surface area contributed by atoms with Crippen molar-refractivity contribution in [2.75, 3.05) is 33.3 Å². The van der Waals surface area contributed by atoms with E-state index in [-0.39, 0.29) is 0 Å². The molecule has 0 amide bonds. The first kappa shape index (κ1) is 13.3. The van der Waals surface area contributed by atoms with Gasteiger partial charge in [-0.25, -0.2) is 0 Å². The maximum absolute atomic E-state index is 9.19. The van der Waals surface area contributed by atoms with Gasteiger partial charge in [-0.1, -0.05) is 19.3 Å². The summed E-state index contributed by atoms with van der Waals surface area (Å²) in [5, 5.41) is 12.7. The molecule has 0 aromatic rings. The van der Waals surface area contributed by atoms with Gasteiger partial charge in [-0.15, -0.1) is 0 Å². The average molecular weight is 240 g/mol. The van der Waals surface area contributed by atoms with Crippen molar-refractivity contribution in [3.05, 3.63) is 0 Å². The fourth-order valence-electron chi connectivity index (χ4n) is 3.54. The van der Waals surface area contributed by atoms with E-state index in [1.807, 2.05) is 0 Å². The second-order valence-electron chi connectivity index (χ2n) is 5.89. The Kier molecular flexibility index (Phi) is 5.26. The third-order valence-corrected chi connectivity index (χ3v) is 4.65. The van der Waals surface area contributed by atoms with E-state index in [0.29, 0.717) is 18.6 Å². The lowest BCUT2D eigenvalue weighted by Gasteiger charge is -2.29. The number of hydrogen-bond acceptors (Lipinski definition) is 3. The minimum atomic E-state index is 0.372. The number of rotatable bonds is 4. The Hall–Kier alpha value is -0.120. The molecule has 100 valence electrons. The van der Waals surface area contributed by atoms with Crippen molar-refractivity contribution in [1.29, 1.82) is 0 Å². The molecule has 0 aromatic heterocycles. The summed E-state index contributed by atoms with van der Waals surface area (Å²) in [4.78, 5) is 2.57. The van der Waals surface area contributed by atoms with Crippen molar-refractivity contribution in [2.45, 2.75) is 44.6 Å². The first-order valence-electron chi connectivity index (χ1n) is 7.34. The van der Waals surface area contributed by atoms with E-state index in [9.17, 15) is 5.11 Å². The van der Waals surface area contributed by atoms with Gasteiger partial charge >= 0.3 is 0 Å². The number of nitrogens with one attached hydrogen (secondary N) is 1. The van der Waals surface area contributed by atoms with Crippen LogP contribution in [0.5, 0.6) is 0 Å². The highest BCUT2D eigenvalue weighted by Crippen LogP contribution is 2.26. The molecule has 0 bridgehead atoms. The van der Waals surface area contributed by atoms with E-state index in [0.717, 1.165) is 12.5 Å². The van der Waals surface area contributed by atoms with Crippen molar-refractivity contribution in [3.8, 4) is 0 Å². The van der Waals surface area contributed by atoms with Crippen LogP contribution in [0.2, 0.25) is 0 Å². The fourth-order valence-corrected chi connectivity index (χ4v) is 3.54. The third kappa shape index (κ3) is 3.67. The van der Waals surface area contributed by atoms with E-state index in [1.54, 1.807) is 0 Å². The van der Waals surface area contributed by atoms with Gasteiger partial charge in [0.15, 0.2) is 0 Å². The summed E-state index contributed by atoms with van der Waals surface area (Å²) in [6, 6.07) is 0.714. The molecule has 0 aromatic carbocycles. The molecular weight excluding hydrogens is 212 g/mol. The molecule has 0 radical (unpaired) electrons. The van der Waals surface area contributed by atoms with Crippen molar-refractivity contribution in [3.63, 3.8) is 0 Å². The molecule has 17 heavy (non-hydrogen) atoms. The molecule has 2 rings (SSSR count). The molecule has 0 spiro atoms. The van der Waals surface area contributed by atoms with Crippen LogP contribution in [0.25, 0.3) is 0 Å². The van der Waals surface area contributed by atoms with Crippen molar-refractivity contribution in [2.24, 2.45) is 11.8 Å². The van der Waals surface area contributed by atoms with E-state index in [1.165, 1.54) is 51.6 Å². The first-order valence-corrected chi connectivity index (χ1v) is 7.34. The largest absolute Gasteiger partial charge is 0.396 e. The predicted octanol–water partition coefficient (Wildman–Crippen LogP) is 1.47. The molecule has 1 saturated heterocycles. The van der Waals surface area contributed by atoms with Crippen LogP contribution >= 0.6 is 0 Å². The van der Waals surface area contributed by atoms with Gasteiger partial charge in [0.05, 0.1) is 0 Å². The molecule has 1 aliphatic heterocycles. The quantitative estimate of drug-likeness (QED) is 0.731. The summed E-state index contributed by atoms with van der Waals surface area (Å²) < 4.78 is 0. The molecule has 1 saturated carbocycles. The molecule has 3 atom stereocenters. The van der Waals surface area contributed by atoms with Crippen molar-refractivity contribution in [1.82, 2.24) is 10.2 Å². The van der Waals surface area contributed by atoms with Gasteiger partial charge in [0.1, 0.15) is 0 Å². The molecule has 2 N–H and O–H groups in total. The van der Waals surface area contributed by atoms with Gasteiger partial charge in [-0.05, 0) is 44.7 Å². The second-order valence-corrected chi connectivity index (χ2v) is 5.89. The minimum Gasteiger partial charge on any atom is -0.396 e. The molecular formula is C14H28N2O. The van der Waals surface area contributed by atoms with Gasteiger partial charge in [0.2, 0.25) is 0 Å². The number of likely N-dealkylation sites (tertiary alicyclic amines) is 1. The van der Waals surface area contributed by atoms with Crippen molar-refractivity contribution >= 4 is 0 Å². The Balaban J connectivity index is 1.83. The molecule has 3 nitrogen and oxygen atoms in total. The van der Waals surface area contributed by atoms with Gasteiger partial charge < -0.3 is 15.3 Å². The highest BCUT2D eigenvalue weighted by Gasteiger charge is 2.28. The number of nitrogens with zero attached hydrogens (tertiary/aromatic N) is 1. The van der Waals surface area contributed by atoms with Crippen LogP contribution in [-0.2, 0) is 0 Å². The van der Waals surface area contributed by atoms with E-state index in [2.05, 4.69) is 17.3 Å². The summed E-state index contributed by atoms with van der Waals surface area (Å²) in [7, 11) is 2.11. The summed E-state index contributed by atoms with van der Waals surface area (Å²) in [6.45, 7) is 3.92. The van der Waals surface area contributed by atoms with Crippen LogP contribution in [0.4, 0.5) is 0 Å². The Bertz CT molecular complexity index is 222. The molecule has 2 fully saturated rings. The monoisotopic (exact) mass is 240 g/mol. The molecule has 1 heterocycles. The predicted molar refractivity (Wildman–Crippen MR) is 71.1 cm³/mol. The second kappa shape index (κ2) is 6.72. The van der Waals surface area contributed by atoms with Crippen LogP contribution in [-0.4, -0.2) is 49.3 Å². The molecule has 2 aliphatic rings. The molecule has 3 heteroatoms. The number of aliphatic hydroxyl groups is 1. The average Bonchev–Trinajstić information content (AvgIpc) is 2.68. The Labute approximate surface area is 106 Å². The standard InChI is InChI=1S/C14H28N2O/c1-15-14-6-4-2-3-5-13(14)10-16-8-7-12(9-16)11-17/h12-15,17H,2-11H2,1H3. The van der Waals surface area contributed by atoms with Gasteiger partial charge in [-0.3, -0.25) is 0 Å².